The molecule has 0 unspecified atom stereocenters. The van der Waals surface area contributed by atoms with E-state index in [1.54, 1.807) is 48.5 Å². The number of para-hydroxylation sites is 2. The van der Waals surface area contributed by atoms with Gasteiger partial charge in [-0.15, -0.1) is 11.6 Å². The summed E-state index contributed by atoms with van der Waals surface area (Å²) in [6, 6.07) is 13.5. The Morgan fingerprint density at radius 3 is 1.59 bits per heavy atom. The van der Waals surface area contributed by atoms with Crippen LogP contribution < -0.4 is 0 Å². The van der Waals surface area contributed by atoms with E-state index in [2.05, 4.69) is 15.0 Å². The van der Waals surface area contributed by atoms with Crippen LogP contribution in [0.25, 0.3) is 22.8 Å². The molecule has 0 aliphatic heterocycles. The summed E-state index contributed by atoms with van der Waals surface area (Å²) in [5.41, 5.74) is 0.959. The number of phenols is 2. The number of aromatic nitrogens is 3. The molecule has 0 fully saturated rings. The molecule has 0 atom stereocenters. The van der Waals surface area contributed by atoms with Crippen molar-refractivity contribution in [2.24, 2.45) is 0 Å². The van der Waals surface area contributed by atoms with Gasteiger partial charge in [0.15, 0.2) is 11.6 Å². The Bertz CT molecular complexity index is 760. The summed E-state index contributed by atoms with van der Waals surface area (Å²) in [6.07, 6.45) is 0. The van der Waals surface area contributed by atoms with Gasteiger partial charge in [-0.1, -0.05) is 24.3 Å². The summed E-state index contributed by atoms with van der Waals surface area (Å²) in [6.45, 7) is 0. The molecule has 0 saturated carbocycles. The van der Waals surface area contributed by atoms with Gasteiger partial charge in [0.25, 0.3) is 0 Å². The molecule has 0 aliphatic rings. The van der Waals surface area contributed by atoms with Gasteiger partial charge in [0.2, 0.25) is 0 Å². The Morgan fingerprint density at radius 1 is 0.727 bits per heavy atom. The smallest absolute Gasteiger partial charge is 0.167 e. The molecule has 0 aliphatic carbocycles. The van der Waals surface area contributed by atoms with Crippen LogP contribution in [-0.2, 0) is 5.88 Å². The first kappa shape index (κ1) is 14.3. The Hall–Kier alpha value is -2.66. The number of hydrogen-bond donors (Lipinski definition) is 2. The molecule has 5 nitrogen and oxygen atoms in total. The van der Waals surface area contributed by atoms with Gasteiger partial charge in [0.1, 0.15) is 17.3 Å². The molecule has 22 heavy (non-hydrogen) atoms. The second-order valence-corrected chi connectivity index (χ2v) is 4.83. The Morgan fingerprint density at radius 2 is 1.18 bits per heavy atom. The van der Waals surface area contributed by atoms with Crippen LogP contribution in [0, 0.1) is 0 Å². The van der Waals surface area contributed by atoms with Gasteiger partial charge in [-0.2, -0.15) is 0 Å². The molecule has 1 aromatic heterocycles. The molecule has 0 saturated heterocycles. The molecule has 0 radical (unpaired) electrons. The summed E-state index contributed by atoms with van der Waals surface area (Å²) >= 11 is 5.85. The first-order valence-corrected chi connectivity index (χ1v) is 7.10. The standard InChI is InChI=1S/C16H12ClN3O2/c17-9-14-18-15(10-5-1-3-7-12(10)21)20-16(19-14)11-6-2-4-8-13(11)22/h1-8,21-22H,9H2. The predicted octanol–water partition coefficient (Wildman–Crippen LogP) is 3.36. The van der Waals surface area contributed by atoms with Crippen LogP contribution >= 0.6 is 11.6 Å². The van der Waals surface area contributed by atoms with E-state index >= 15 is 0 Å². The third kappa shape index (κ3) is 2.71. The molecule has 2 aromatic carbocycles. The zero-order chi connectivity index (χ0) is 15.5. The number of halogens is 1. The summed E-state index contributed by atoms with van der Waals surface area (Å²) in [5.74, 6) is 1.22. The lowest BCUT2D eigenvalue weighted by molar-refractivity contribution is 0.476. The maximum Gasteiger partial charge on any atom is 0.167 e. The fraction of sp³-hybridized carbons (Fsp3) is 0.0625. The highest BCUT2D eigenvalue weighted by Gasteiger charge is 2.14. The summed E-state index contributed by atoms with van der Waals surface area (Å²) in [4.78, 5) is 12.8. The molecule has 0 bridgehead atoms. The van der Waals surface area contributed by atoms with Crippen LogP contribution in [0.15, 0.2) is 48.5 Å². The topological polar surface area (TPSA) is 79.1 Å². The van der Waals surface area contributed by atoms with Crippen LogP contribution in [0.3, 0.4) is 0 Å². The van der Waals surface area contributed by atoms with E-state index < -0.39 is 0 Å². The van der Waals surface area contributed by atoms with Gasteiger partial charge in [-0.05, 0) is 24.3 Å². The highest BCUT2D eigenvalue weighted by atomic mass is 35.5. The summed E-state index contributed by atoms with van der Waals surface area (Å²) in [7, 11) is 0. The van der Waals surface area contributed by atoms with Gasteiger partial charge < -0.3 is 10.2 Å². The van der Waals surface area contributed by atoms with Gasteiger partial charge in [-0.3, -0.25) is 0 Å². The van der Waals surface area contributed by atoms with Crippen molar-refractivity contribution in [2.45, 2.75) is 5.88 Å². The third-order valence-electron chi connectivity index (χ3n) is 3.09. The molecule has 3 aromatic rings. The van der Waals surface area contributed by atoms with Gasteiger partial charge >= 0.3 is 0 Å². The van der Waals surface area contributed by atoms with Crippen molar-refractivity contribution in [3.63, 3.8) is 0 Å². The van der Waals surface area contributed by atoms with Crippen molar-refractivity contribution < 1.29 is 10.2 Å². The average molecular weight is 314 g/mol. The number of hydrogen-bond acceptors (Lipinski definition) is 5. The van der Waals surface area contributed by atoms with E-state index in [0.29, 0.717) is 28.6 Å². The van der Waals surface area contributed by atoms with Crippen LogP contribution in [0.5, 0.6) is 11.5 Å². The van der Waals surface area contributed by atoms with Crippen molar-refractivity contribution in [2.75, 3.05) is 0 Å². The third-order valence-corrected chi connectivity index (χ3v) is 3.33. The predicted molar refractivity (Wildman–Crippen MR) is 83.6 cm³/mol. The Kier molecular flexibility index (Phi) is 3.89. The van der Waals surface area contributed by atoms with Gasteiger partial charge in [-0.25, -0.2) is 15.0 Å². The summed E-state index contributed by atoms with van der Waals surface area (Å²) < 4.78 is 0. The molecule has 110 valence electrons. The fourth-order valence-electron chi connectivity index (χ4n) is 2.05. The van der Waals surface area contributed by atoms with E-state index in [1.165, 1.54) is 0 Å². The number of alkyl halides is 1. The number of aromatic hydroxyl groups is 2. The van der Waals surface area contributed by atoms with Gasteiger partial charge in [0.05, 0.1) is 17.0 Å². The van der Waals surface area contributed by atoms with Crippen molar-refractivity contribution in [1.82, 2.24) is 15.0 Å². The molecule has 0 spiro atoms. The normalized spacial score (nSPS) is 10.6. The molecular weight excluding hydrogens is 302 g/mol. The minimum absolute atomic E-state index is 0.0671. The maximum atomic E-state index is 9.96. The number of benzene rings is 2. The lowest BCUT2D eigenvalue weighted by atomic mass is 10.1. The molecule has 6 heteroatoms. The van der Waals surface area contributed by atoms with Crippen molar-refractivity contribution >= 4 is 11.6 Å². The molecule has 2 N–H and O–H groups in total. The first-order chi connectivity index (χ1) is 10.7. The highest BCUT2D eigenvalue weighted by molar-refractivity contribution is 6.16. The maximum absolute atomic E-state index is 9.96. The lowest BCUT2D eigenvalue weighted by Crippen LogP contribution is -2.01. The minimum Gasteiger partial charge on any atom is -0.507 e. The first-order valence-electron chi connectivity index (χ1n) is 6.56. The van der Waals surface area contributed by atoms with E-state index in [1.807, 2.05) is 0 Å². The SMILES string of the molecule is Oc1ccccc1-c1nc(CCl)nc(-c2ccccc2O)n1. The van der Waals surface area contributed by atoms with E-state index in [4.69, 9.17) is 11.6 Å². The van der Waals surface area contributed by atoms with Gasteiger partial charge in [0, 0.05) is 0 Å². The van der Waals surface area contributed by atoms with E-state index in [-0.39, 0.29) is 17.4 Å². The lowest BCUT2D eigenvalue weighted by Gasteiger charge is -2.08. The van der Waals surface area contributed by atoms with Crippen molar-refractivity contribution in [1.29, 1.82) is 0 Å². The highest BCUT2D eigenvalue weighted by Crippen LogP contribution is 2.30. The Labute approximate surface area is 131 Å². The number of phenolic OH excluding ortho intramolecular Hbond substituents is 2. The molecular formula is C16H12ClN3O2. The van der Waals surface area contributed by atoms with Crippen LogP contribution in [0.4, 0.5) is 0 Å². The zero-order valence-electron chi connectivity index (χ0n) is 11.4. The molecule has 3 rings (SSSR count). The Balaban J connectivity index is 2.20. The van der Waals surface area contributed by atoms with Crippen LogP contribution in [0.1, 0.15) is 5.82 Å². The second-order valence-electron chi connectivity index (χ2n) is 4.57. The largest absolute Gasteiger partial charge is 0.507 e. The average Bonchev–Trinajstić information content (AvgIpc) is 2.55. The monoisotopic (exact) mass is 313 g/mol. The van der Waals surface area contributed by atoms with Crippen LogP contribution in [-0.4, -0.2) is 25.2 Å². The van der Waals surface area contributed by atoms with Crippen molar-refractivity contribution in [3.8, 4) is 34.3 Å². The number of rotatable bonds is 3. The fourth-order valence-corrected chi connectivity index (χ4v) is 2.17. The number of nitrogens with zero attached hydrogens (tertiary/aromatic N) is 3. The molecule has 0 amide bonds. The van der Waals surface area contributed by atoms with Crippen LogP contribution in [0.2, 0.25) is 0 Å². The molecule has 1 heterocycles. The van der Waals surface area contributed by atoms with E-state index in [0.717, 1.165) is 0 Å². The zero-order valence-corrected chi connectivity index (χ0v) is 12.2. The second kappa shape index (κ2) is 5.99. The van der Waals surface area contributed by atoms with E-state index in [9.17, 15) is 10.2 Å². The minimum atomic E-state index is 0.0671. The quantitative estimate of drug-likeness (QED) is 0.725. The summed E-state index contributed by atoms with van der Waals surface area (Å²) in [5, 5.41) is 19.9. The van der Waals surface area contributed by atoms with Crippen molar-refractivity contribution in [3.05, 3.63) is 54.4 Å².